The summed E-state index contributed by atoms with van der Waals surface area (Å²) in [5, 5.41) is 4.74. The molecule has 106 valence electrons. The molecule has 0 aliphatic carbocycles. The molecule has 1 aromatic heterocycles. The monoisotopic (exact) mass is 426 g/mol. The summed E-state index contributed by atoms with van der Waals surface area (Å²) in [5.41, 5.74) is 9.18. The van der Waals surface area contributed by atoms with E-state index in [0.717, 1.165) is 25.6 Å². The molecule has 6 heteroatoms. The fourth-order valence-electron chi connectivity index (χ4n) is 2.09. The first kappa shape index (κ1) is 14.6. The van der Waals surface area contributed by atoms with E-state index in [-0.39, 0.29) is 5.88 Å². The number of aromatic nitrogens is 1. The zero-order valence-electron chi connectivity index (χ0n) is 10.6. The summed E-state index contributed by atoms with van der Waals surface area (Å²) >= 11 is 13.0. The van der Waals surface area contributed by atoms with Crippen molar-refractivity contribution in [1.29, 1.82) is 0 Å². The number of hydrogen-bond acceptors (Lipinski definition) is 3. The van der Waals surface area contributed by atoms with Crippen LogP contribution in [0.5, 0.6) is 0 Å². The van der Waals surface area contributed by atoms with Crippen LogP contribution in [0, 0.1) is 0 Å². The molecule has 0 aliphatic heterocycles. The number of nitrogen functional groups attached to an aromatic ring is 1. The fourth-order valence-corrected chi connectivity index (χ4v) is 3.45. The van der Waals surface area contributed by atoms with Gasteiger partial charge in [-0.25, -0.2) is 0 Å². The van der Waals surface area contributed by atoms with Crippen LogP contribution in [0.1, 0.15) is 0 Å². The quantitative estimate of drug-likeness (QED) is 0.564. The van der Waals surface area contributed by atoms with Crippen LogP contribution in [0.4, 0.5) is 5.88 Å². The summed E-state index contributed by atoms with van der Waals surface area (Å²) in [6.07, 6.45) is 0. The van der Waals surface area contributed by atoms with E-state index < -0.39 is 0 Å². The topological polar surface area (TPSA) is 52.0 Å². The molecule has 0 saturated heterocycles. The summed E-state index contributed by atoms with van der Waals surface area (Å²) in [7, 11) is 0. The highest BCUT2D eigenvalue weighted by Crippen LogP contribution is 2.42. The van der Waals surface area contributed by atoms with Gasteiger partial charge < -0.3 is 10.3 Å². The molecule has 0 bridgehead atoms. The number of nitrogens with two attached hydrogens (primary N) is 1. The largest absolute Gasteiger partial charge is 0.367 e. The first-order valence-electron chi connectivity index (χ1n) is 6.03. The lowest BCUT2D eigenvalue weighted by atomic mass is 10.0. The van der Waals surface area contributed by atoms with E-state index in [9.17, 15) is 0 Å². The Balaban J connectivity index is 2.25. The van der Waals surface area contributed by atoms with Crippen LogP contribution >= 0.6 is 43.5 Å². The molecule has 0 amide bonds. The molecule has 3 rings (SSSR count). The summed E-state index contributed by atoms with van der Waals surface area (Å²) in [6.45, 7) is 0. The van der Waals surface area contributed by atoms with E-state index in [1.165, 1.54) is 0 Å². The highest BCUT2D eigenvalue weighted by Gasteiger charge is 2.20. The normalized spacial score (nSPS) is 10.8. The maximum absolute atomic E-state index is 5.99. The molecule has 0 radical (unpaired) electrons. The summed E-state index contributed by atoms with van der Waals surface area (Å²) in [6, 6.07) is 13.3. The lowest BCUT2D eigenvalue weighted by Crippen LogP contribution is -1.89. The molecule has 0 atom stereocenters. The van der Waals surface area contributed by atoms with Crippen molar-refractivity contribution in [3.63, 3.8) is 0 Å². The number of rotatable bonds is 2. The van der Waals surface area contributed by atoms with Crippen molar-refractivity contribution in [2.75, 3.05) is 5.73 Å². The van der Waals surface area contributed by atoms with Crippen LogP contribution < -0.4 is 5.73 Å². The number of nitrogens with zero attached hydrogens (tertiary/aromatic N) is 1. The Kier molecular flexibility index (Phi) is 4.06. The average Bonchev–Trinajstić information content (AvgIpc) is 2.81. The molecule has 0 saturated carbocycles. The minimum absolute atomic E-state index is 0.277. The predicted octanol–water partition coefficient (Wildman–Crippen LogP) is 5.77. The van der Waals surface area contributed by atoms with Crippen molar-refractivity contribution in [3.05, 3.63) is 56.4 Å². The highest BCUT2D eigenvalue weighted by molar-refractivity contribution is 9.11. The molecule has 3 nitrogen and oxygen atoms in total. The van der Waals surface area contributed by atoms with Gasteiger partial charge in [0.15, 0.2) is 0 Å². The summed E-state index contributed by atoms with van der Waals surface area (Å²) in [5.74, 6) is 0.277. The minimum Gasteiger partial charge on any atom is -0.367 e. The molecule has 0 fully saturated rings. The molecule has 0 spiro atoms. The third kappa shape index (κ3) is 2.73. The van der Waals surface area contributed by atoms with Crippen LogP contribution in [-0.2, 0) is 0 Å². The van der Waals surface area contributed by atoms with Gasteiger partial charge >= 0.3 is 0 Å². The maximum Gasteiger partial charge on any atom is 0.230 e. The number of anilines is 1. The van der Waals surface area contributed by atoms with Gasteiger partial charge in [0.2, 0.25) is 5.88 Å². The van der Waals surface area contributed by atoms with E-state index in [1.807, 2.05) is 36.4 Å². The molecule has 1 heterocycles. The molecular weight excluding hydrogens is 419 g/mol. The van der Waals surface area contributed by atoms with Gasteiger partial charge in [-0.3, -0.25) is 0 Å². The highest BCUT2D eigenvalue weighted by atomic mass is 79.9. The van der Waals surface area contributed by atoms with Gasteiger partial charge in [-0.05, 0) is 18.2 Å². The molecule has 2 aromatic carbocycles. The third-order valence-corrected chi connectivity index (χ3v) is 4.63. The van der Waals surface area contributed by atoms with E-state index in [0.29, 0.717) is 10.7 Å². The van der Waals surface area contributed by atoms with Crippen LogP contribution in [0.25, 0.3) is 22.4 Å². The fraction of sp³-hybridized carbons (Fsp3) is 0. The second kappa shape index (κ2) is 5.83. The van der Waals surface area contributed by atoms with Crippen LogP contribution in [0.2, 0.25) is 5.02 Å². The van der Waals surface area contributed by atoms with Crippen LogP contribution in [-0.4, -0.2) is 5.16 Å². The van der Waals surface area contributed by atoms with E-state index in [4.69, 9.17) is 21.9 Å². The zero-order valence-corrected chi connectivity index (χ0v) is 14.5. The lowest BCUT2D eigenvalue weighted by Gasteiger charge is -2.07. The SMILES string of the molecule is Nc1onc(-c2ccc(Cl)cc2Br)c1-c1ccccc1Br. The maximum atomic E-state index is 5.99. The van der Waals surface area contributed by atoms with Crippen LogP contribution in [0.15, 0.2) is 55.9 Å². The van der Waals surface area contributed by atoms with Crippen molar-refractivity contribution in [3.8, 4) is 22.4 Å². The summed E-state index contributed by atoms with van der Waals surface area (Å²) < 4.78 is 6.95. The van der Waals surface area contributed by atoms with Gasteiger partial charge in [0.05, 0.1) is 5.56 Å². The smallest absolute Gasteiger partial charge is 0.230 e. The molecular formula is C15H9Br2ClN2O. The van der Waals surface area contributed by atoms with Gasteiger partial charge in [-0.2, -0.15) is 0 Å². The molecule has 3 aromatic rings. The lowest BCUT2D eigenvalue weighted by molar-refractivity contribution is 0.439. The average molecular weight is 429 g/mol. The van der Waals surface area contributed by atoms with E-state index >= 15 is 0 Å². The Morgan fingerprint density at radius 3 is 2.48 bits per heavy atom. The second-order valence-electron chi connectivity index (χ2n) is 4.37. The van der Waals surface area contributed by atoms with Gasteiger partial charge in [-0.15, -0.1) is 0 Å². The summed E-state index contributed by atoms with van der Waals surface area (Å²) in [4.78, 5) is 0. The minimum atomic E-state index is 0.277. The van der Waals surface area contributed by atoms with Crippen molar-refractivity contribution in [1.82, 2.24) is 5.16 Å². The predicted molar refractivity (Wildman–Crippen MR) is 92.2 cm³/mol. The Morgan fingerprint density at radius 2 is 1.76 bits per heavy atom. The Labute approximate surface area is 143 Å². The second-order valence-corrected chi connectivity index (χ2v) is 6.52. The van der Waals surface area contributed by atoms with Crippen LogP contribution in [0.3, 0.4) is 0 Å². The molecule has 21 heavy (non-hydrogen) atoms. The third-order valence-electron chi connectivity index (χ3n) is 3.05. The molecule has 0 unspecified atom stereocenters. The van der Waals surface area contributed by atoms with E-state index in [1.54, 1.807) is 6.07 Å². The first-order valence-corrected chi connectivity index (χ1v) is 8.00. The van der Waals surface area contributed by atoms with Gasteiger partial charge in [0, 0.05) is 25.1 Å². The van der Waals surface area contributed by atoms with Crippen molar-refractivity contribution >= 4 is 49.3 Å². The van der Waals surface area contributed by atoms with Gasteiger partial charge in [0.25, 0.3) is 0 Å². The van der Waals surface area contributed by atoms with Gasteiger partial charge in [-0.1, -0.05) is 72.9 Å². The van der Waals surface area contributed by atoms with Crippen molar-refractivity contribution < 1.29 is 4.52 Å². The molecule has 0 aliphatic rings. The Morgan fingerprint density at radius 1 is 1.00 bits per heavy atom. The molecule has 2 N–H and O–H groups in total. The first-order chi connectivity index (χ1) is 10.1. The zero-order chi connectivity index (χ0) is 15.0. The van der Waals surface area contributed by atoms with E-state index in [2.05, 4.69) is 37.0 Å². The Bertz CT molecular complexity index is 817. The number of halogens is 3. The standard InChI is InChI=1S/C15H9Br2ClN2O/c16-11-4-2-1-3-9(11)13-14(20-21-15(13)19)10-6-5-8(18)7-12(10)17/h1-7H,19H2. The van der Waals surface area contributed by atoms with Crippen molar-refractivity contribution in [2.24, 2.45) is 0 Å². The number of hydrogen-bond donors (Lipinski definition) is 1. The van der Waals surface area contributed by atoms with Crippen molar-refractivity contribution in [2.45, 2.75) is 0 Å². The van der Waals surface area contributed by atoms with Gasteiger partial charge in [0.1, 0.15) is 5.69 Å². The Hall–Kier alpha value is -1.30. The number of benzene rings is 2.